The zero-order valence-electron chi connectivity index (χ0n) is 18.1. The third-order valence-electron chi connectivity index (χ3n) is 5.04. The van der Waals surface area contributed by atoms with Crippen LogP contribution in [0, 0.1) is 6.92 Å². The molecule has 0 spiro atoms. The van der Waals surface area contributed by atoms with Gasteiger partial charge >= 0.3 is 0 Å². The molecule has 4 atom stereocenters. The Bertz CT molecular complexity index is 682. The van der Waals surface area contributed by atoms with Gasteiger partial charge in [-0.05, 0) is 50.5 Å². The molecule has 29 heavy (non-hydrogen) atoms. The normalized spacial score (nSPS) is 17.0. The molecule has 0 heterocycles. The maximum Gasteiger partial charge on any atom is 0.122 e. The van der Waals surface area contributed by atoms with Crippen molar-refractivity contribution in [3.63, 3.8) is 0 Å². The molecule has 0 saturated heterocycles. The summed E-state index contributed by atoms with van der Waals surface area (Å²) in [6.07, 6.45) is 2.14. The molecule has 164 valence electrons. The molecule has 4 unspecified atom stereocenters. The van der Waals surface area contributed by atoms with Crippen molar-refractivity contribution in [3.05, 3.63) is 52.6 Å². The third kappa shape index (κ3) is 8.68. The molecule has 6 nitrogen and oxygen atoms in total. The first-order valence-electron chi connectivity index (χ1n) is 9.97. The van der Waals surface area contributed by atoms with Gasteiger partial charge in [0, 0.05) is 5.92 Å². The molecular formula is C23H36O6. The molecule has 0 aliphatic heterocycles. The molecule has 0 aromatic heterocycles. The third-order valence-corrected chi connectivity index (χ3v) is 5.04. The first-order valence-corrected chi connectivity index (χ1v) is 9.97. The maximum atomic E-state index is 9.50. The average Bonchev–Trinajstić information content (AvgIpc) is 2.73. The molecule has 4 N–H and O–H groups in total. The van der Waals surface area contributed by atoms with Crippen LogP contribution in [0.15, 0.2) is 41.5 Å². The number of ether oxygens (including phenoxy) is 2. The van der Waals surface area contributed by atoms with Crippen molar-refractivity contribution in [2.75, 3.05) is 26.4 Å². The molecule has 0 fully saturated rings. The molecule has 0 aliphatic rings. The minimum atomic E-state index is -0.895. The minimum absolute atomic E-state index is 0.0504. The molecule has 1 rings (SSSR count). The van der Waals surface area contributed by atoms with Crippen LogP contribution >= 0.6 is 0 Å². The predicted octanol–water partition coefficient (Wildman–Crippen LogP) is 2.48. The highest BCUT2D eigenvalue weighted by atomic mass is 16.5. The van der Waals surface area contributed by atoms with Gasteiger partial charge in [-0.15, -0.1) is 0 Å². The lowest BCUT2D eigenvalue weighted by Crippen LogP contribution is -2.23. The highest BCUT2D eigenvalue weighted by Gasteiger charge is 2.12. The Morgan fingerprint density at radius 1 is 0.966 bits per heavy atom. The summed E-state index contributed by atoms with van der Waals surface area (Å²) in [6.45, 7) is 9.50. The van der Waals surface area contributed by atoms with Crippen molar-refractivity contribution in [1.29, 1.82) is 0 Å². The van der Waals surface area contributed by atoms with Gasteiger partial charge < -0.3 is 29.9 Å². The zero-order chi connectivity index (χ0) is 22.0. The summed E-state index contributed by atoms with van der Waals surface area (Å²) in [6, 6.07) is 6.02. The van der Waals surface area contributed by atoms with Gasteiger partial charge in [-0.25, -0.2) is 0 Å². The van der Waals surface area contributed by atoms with Crippen molar-refractivity contribution in [2.24, 2.45) is 0 Å². The highest BCUT2D eigenvalue weighted by Crippen LogP contribution is 2.29. The van der Waals surface area contributed by atoms with E-state index in [9.17, 15) is 10.2 Å². The standard InChI is InChI=1S/C23H36O6/c1-15(6-7-16(2)19(5)28-13-21(26)11-24)18(4)20-9-8-17(3)23(10-20)29-14-22(27)12-25/h6-10,18-19,21-22,24-27H,11-14H2,1-5H3/b15-6+,16-7-. The molecule has 0 radical (unpaired) electrons. The summed E-state index contributed by atoms with van der Waals surface area (Å²) in [5.74, 6) is 0.864. The number of allylic oxidation sites excluding steroid dienone is 3. The van der Waals surface area contributed by atoms with Crippen LogP contribution in [-0.2, 0) is 4.74 Å². The van der Waals surface area contributed by atoms with Gasteiger partial charge in [0.05, 0.1) is 25.9 Å². The van der Waals surface area contributed by atoms with Crippen molar-refractivity contribution >= 4 is 0 Å². The van der Waals surface area contributed by atoms with E-state index in [0.717, 1.165) is 22.3 Å². The van der Waals surface area contributed by atoms with E-state index in [1.807, 2.05) is 39.0 Å². The quantitative estimate of drug-likeness (QED) is 0.397. The monoisotopic (exact) mass is 408 g/mol. The summed E-state index contributed by atoms with van der Waals surface area (Å²) in [7, 11) is 0. The summed E-state index contributed by atoms with van der Waals surface area (Å²) in [5, 5.41) is 36.7. The minimum Gasteiger partial charge on any atom is -0.491 e. The van der Waals surface area contributed by atoms with E-state index in [-0.39, 0.29) is 38.4 Å². The highest BCUT2D eigenvalue weighted by molar-refractivity contribution is 5.40. The van der Waals surface area contributed by atoms with Crippen molar-refractivity contribution in [2.45, 2.75) is 58.8 Å². The average molecular weight is 409 g/mol. The van der Waals surface area contributed by atoms with E-state index in [1.54, 1.807) is 0 Å². The molecule has 1 aromatic carbocycles. The van der Waals surface area contributed by atoms with Crippen LogP contribution in [0.5, 0.6) is 5.75 Å². The Balaban J connectivity index is 2.82. The van der Waals surface area contributed by atoms with Gasteiger partial charge in [-0.3, -0.25) is 0 Å². The lowest BCUT2D eigenvalue weighted by Gasteiger charge is -2.18. The molecule has 0 aliphatic carbocycles. The maximum absolute atomic E-state index is 9.50. The van der Waals surface area contributed by atoms with Crippen LogP contribution in [0.3, 0.4) is 0 Å². The fourth-order valence-electron chi connectivity index (χ4n) is 2.53. The number of aryl methyl sites for hydroxylation is 1. The van der Waals surface area contributed by atoms with Crippen molar-refractivity contribution in [1.82, 2.24) is 0 Å². The summed E-state index contributed by atoms with van der Waals surface area (Å²) >= 11 is 0. The smallest absolute Gasteiger partial charge is 0.122 e. The second-order valence-corrected chi connectivity index (χ2v) is 7.53. The van der Waals surface area contributed by atoms with Crippen LogP contribution in [0.25, 0.3) is 0 Å². The van der Waals surface area contributed by atoms with E-state index < -0.39 is 12.2 Å². The summed E-state index contributed by atoms with van der Waals surface area (Å²) in [4.78, 5) is 0. The number of rotatable bonds is 12. The molecule has 0 amide bonds. The van der Waals surface area contributed by atoms with Crippen LogP contribution in [0.2, 0.25) is 0 Å². The predicted molar refractivity (Wildman–Crippen MR) is 114 cm³/mol. The Kier molecular flexibility index (Phi) is 11.2. The van der Waals surface area contributed by atoms with Crippen LogP contribution in [-0.4, -0.2) is 65.2 Å². The number of aliphatic hydroxyl groups excluding tert-OH is 4. The lowest BCUT2D eigenvalue weighted by molar-refractivity contribution is -0.0117. The topological polar surface area (TPSA) is 99.4 Å². The SMILES string of the molecule is C/C(=C/C=C(\C)C(C)c1ccc(C)c(OCC(O)CO)c1)C(C)OCC(O)CO. The fraction of sp³-hybridized carbons (Fsp3) is 0.565. The van der Waals surface area contributed by atoms with E-state index >= 15 is 0 Å². The Labute approximate surface area is 174 Å². The van der Waals surface area contributed by atoms with Gasteiger partial charge in [-0.2, -0.15) is 0 Å². The van der Waals surface area contributed by atoms with Crippen molar-refractivity contribution < 1.29 is 29.9 Å². The first kappa shape index (κ1) is 25.3. The Morgan fingerprint density at radius 3 is 2.17 bits per heavy atom. The van der Waals surface area contributed by atoms with Gasteiger partial charge in [0.2, 0.25) is 0 Å². The molecule has 1 aromatic rings. The summed E-state index contributed by atoms with van der Waals surface area (Å²) in [5.41, 5.74) is 4.25. The van der Waals surface area contributed by atoms with Crippen LogP contribution in [0.1, 0.15) is 44.7 Å². The Morgan fingerprint density at radius 2 is 1.55 bits per heavy atom. The van der Waals surface area contributed by atoms with E-state index in [2.05, 4.69) is 26.0 Å². The largest absolute Gasteiger partial charge is 0.491 e. The van der Waals surface area contributed by atoms with Gasteiger partial charge in [0.1, 0.15) is 24.6 Å². The number of hydrogen-bond acceptors (Lipinski definition) is 6. The van der Waals surface area contributed by atoms with Crippen LogP contribution in [0.4, 0.5) is 0 Å². The van der Waals surface area contributed by atoms with Gasteiger partial charge in [0.25, 0.3) is 0 Å². The molecule has 0 saturated carbocycles. The number of hydrogen-bond donors (Lipinski definition) is 4. The summed E-state index contributed by atoms with van der Waals surface area (Å²) < 4.78 is 11.2. The Hall–Kier alpha value is -1.70. The van der Waals surface area contributed by atoms with E-state index in [4.69, 9.17) is 19.7 Å². The van der Waals surface area contributed by atoms with Gasteiger partial charge in [-0.1, -0.05) is 36.8 Å². The van der Waals surface area contributed by atoms with E-state index in [1.165, 1.54) is 0 Å². The second-order valence-electron chi connectivity index (χ2n) is 7.53. The fourth-order valence-corrected chi connectivity index (χ4v) is 2.53. The van der Waals surface area contributed by atoms with E-state index in [0.29, 0.717) is 5.75 Å². The molecule has 0 bridgehead atoms. The zero-order valence-corrected chi connectivity index (χ0v) is 18.1. The lowest BCUT2D eigenvalue weighted by atomic mass is 9.92. The number of benzene rings is 1. The van der Waals surface area contributed by atoms with Crippen LogP contribution < -0.4 is 4.74 Å². The van der Waals surface area contributed by atoms with Crippen molar-refractivity contribution in [3.8, 4) is 5.75 Å². The second kappa shape index (κ2) is 12.8. The van der Waals surface area contributed by atoms with Gasteiger partial charge in [0.15, 0.2) is 0 Å². The number of aliphatic hydroxyl groups is 4. The molecular weight excluding hydrogens is 372 g/mol. The first-order chi connectivity index (χ1) is 13.7. The molecule has 6 heteroatoms.